The van der Waals surface area contributed by atoms with Gasteiger partial charge in [-0.2, -0.15) is 0 Å². The Bertz CT molecular complexity index is 1050. The van der Waals surface area contributed by atoms with Gasteiger partial charge in [-0.15, -0.1) is 0 Å². The molecule has 3 N–H and O–H groups in total. The standard InChI is InChI=1S/C20H19ClN2O5S/c1-27-16-7-4-13(21)11-15(16)18(24)22-8-9-28-14-5-2-12(3-6-14)10-17-19(25)23-20(26)29-17/h2-7,11,25H,8-10H2,1H3,(H,22,24)(H,23,26). The smallest absolute Gasteiger partial charge is 0.307 e. The first-order valence-corrected chi connectivity index (χ1v) is 9.90. The Hall–Kier alpha value is -2.97. The molecule has 7 nitrogen and oxygen atoms in total. The fraction of sp³-hybridized carbons (Fsp3) is 0.200. The highest BCUT2D eigenvalue weighted by Gasteiger charge is 2.12. The molecule has 2 aromatic carbocycles. The van der Waals surface area contributed by atoms with E-state index in [1.54, 1.807) is 30.3 Å². The molecule has 29 heavy (non-hydrogen) atoms. The number of aromatic hydroxyl groups is 1. The van der Waals surface area contributed by atoms with E-state index in [-0.39, 0.29) is 23.3 Å². The Labute approximate surface area is 175 Å². The summed E-state index contributed by atoms with van der Waals surface area (Å²) in [5.74, 6) is 0.706. The normalized spacial score (nSPS) is 10.6. The van der Waals surface area contributed by atoms with Crippen molar-refractivity contribution in [2.75, 3.05) is 20.3 Å². The fourth-order valence-corrected chi connectivity index (χ4v) is 3.58. The fourth-order valence-electron chi connectivity index (χ4n) is 2.65. The van der Waals surface area contributed by atoms with Crippen molar-refractivity contribution in [1.82, 2.24) is 10.3 Å². The first-order chi connectivity index (χ1) is 14.0. The van der Waals surface area contributed by atoms with Gasteiger partial charge in [-0.1, -0.05) is 35.1 Å². The minimum absolute atomic E-state index is 0.0904. The van der Waals surface area contributed by atoms with Crippen LogP contribution in [0, 0.1) is 0 Å². The molecule has 1 heterocycles. The van der Waals surface area contributed by atoms with Gasteiger partial charge in [-0.3, -0.25) is 14.6 Å². The number of hydrogen-bond donors (Lipinski definition) is 3. The molecule has 0 aliphatic heterocycles. The molecule has 0 unspecified atom stereocenters. The van der Waals surface area contributed by atoms with E-state index in [2.05, 4.69) is 10.3 Å². The predicted molar refractivity (Wildman–Crippen MR) is 112 cm³/mol. The number of methoxy groups -OCH3 is 1. The molecule has 0 spiro atoms. The Morgan fingerprint density at radius 3 is 2.66 bits per heavy atom. The van der Waals surface area contributed by atoms with Gasteiger partial charge in [0.1, 0.15) is 18.1 Å². The Kier molecular flexibility index (Phi) is 6.79. The number of aromatic amines is 1. The zero-order valence-electron chi connectivity index (χ0n) is 15.5. The maximum Gasteiger partial charge on any atom is 0.307 e. The van der Waals surface area contributed by atoms with E-state index in [1.165, 1.54) is 7.11 Å². The van der Waals surface area contributed by atoms with Crippen LogP contribution in [-0.4, -0.2) is 36.3 Å². The van der Waals surface area contributed by atoms with Crippen LogP contribution in [0.15, 0.2) is 47.3 Å². The number of H-pyrrole nitrogens is 1. The molecule has 152 valence electrons. The van der Waals surface area contributed by atoms with Crippen LogP contribution in [-0.2, 0) is 6.42 Å². The number of halogens is 1. The zero-order valence-corrected chi connectivity index (χ0v) is 17.1. The first kappa shape index (κ1) is 20.8. The Morgan fingerprint density at radius 2 is 2.00 bits per heavy atom. The van der Waals surface area contributed by atoms with Crippen molar-refractivity contribution in [3.8, 4) is 17.4 Å². The molecule has 1 amide bonds. The van der Waals surface area contributed by atoms with Gasteiger partial charge in [-0.25, -0.2) is 0 Å². The number of benzene rings is 2. The van der Waals surface area contributed by atoms with Crippen LogP contribution in [0.2, 0.25) is 5.02 Å². The van der Waals surface area contributed by atoms with Crippen LogP contribution in [0.4, 0.5) is 0 Å². The number of aromatic nitrogens is 1. The third-order valence-corrected chi connectivity index (χ3v) is 5.16. The average Bonchev–Trinajstić information content (AvgIpc) is 3.03. The number of thiazole rings is 1. The largest absolute Gasteiger partial charge is 0.496 e. The van der Waals surface area contributed by atoms with E-state index in [0.717, 1.165) is 16.9 Å². The SMILES string of the molecule is COc1ccc(Cl)cc1C(=O)NCCOc1ccc(Cc2sc(=O)[nH]c2O)cc1. The van der Waals surface area contributed by atoms with E-state index in [0.29, 0.717) is 39.9 Å². The summed E-state index contributed by atoms with van der Waals surface area (Å²) in [6.45, 7) is 0.593. The van der Waals surface area contributed by atoms with Crippen LogP contribution in [0.1, 0.15) is 20.8 Å². The summed E-state index contributed by atoms with van der Waals surface area (Å²) >= 11 is 6.93. The van der Waals surface area contributed by atoms with Crippen LogP contribution in [0.25, 0.3) is 0 Å². The van der Waals surface area contributed by atoms with Gasteiger partial charge in [0.2, 0.25) is 5.88 Å². The zero-order chi connectivity index (χ0) is 20.8. The maximum atomic E-state index is 12.3. The van der Waals surface area contributed by atoms with E-state index in [1.807, 2.05) is 12.1 Å². The van der Waals surface area contributed by atoms with Crippen molar-refractivity contribution in [2.24, 2.45) is 0 Å². The molecule has 0 radical (unpaired) electrons. The van der Waals surface area contributed by atoms with Gasteiger partial charge < -0.3 is 19.9 Å². The summed E-state index contributed by atoms with van der Waals surface area (Å²) in [7, 11) is 1.49. The molecule has 0 saturated carbocycles. The van der Waals surface area contributed by atoms with Gasteiger partial charge in [0, 0.05) is 11.4 Å². The second kappa shape index (κ2) is 9.49. The van der Waals surface area contributed by atoms with Crippen LogP contribution in [0.3, 0.4) is 0 Å². The molecule has 0 aliphatic carbocycles. The van der Waals surface area contributed by atoms with Crippen molar-refractivity contribution in [3.05, 3.63) is 73.2 Å². The maximum absolute atomic E-state index is 12.3. The second-order valence-corrected chi connectivity index (χ2v) is 7.56. The van der Waals surface area contributed by atoms with Gasteiger partial charge in [0.15, 0.2) is 0 Å². The molecule has 0 aliphatic rings. The number of amides is 1. The summed E-state index contributed by atoms with van der Waals surface area (Å²) in [6.07, 6.45) is 0.451. The van der Waals surface area contributed by atoms with E-state index in [4.69, 9.17) is 21.1 Å². The summed E-state index contributed by atoms with van der Waals surface area (Å²) in [6, 6.07) is 12.1. The molecule has 0 atom stereocenters. The summed E-state index contributed by atoms with van der Waals surface area (Å²) in [5, 5.41) is 12.9. The third kappa shape index (κ3) is 5.52. The number of rotatable bonds is 8. The first-order valence-electron chi connectivity index (χ1n) is 8.70. The molecule has 1 aromatic heterocycles. The van der Waals surface area contributed by atoms with Crippen LogP contribution < -0.4 is 19.7 Å². The number of ether oxygens (including phenoxy) is 2. The van der Waals surface area contributed by atoms with Gasteiger partial charge >= 0.3 is 4.87 Å². The molecule has 3 rings (SSSR count). The summed E-state index contributed by atoms with van der Waals surface area (Å²) in [5.41, 5.74) is 1.30. The van der Waals surface area contributed by atoms with Gasteiger partial charge in [0.05, 0.1) is 24.1 Å². The van der Waals surface area contributed by atoms with E-state index in [9.17, 15) is 14.7 Å². The van der Waals surface area contributed by atoms with Crippen molar-refractivity contribution in [2.45, 2.75) is 6.42 Å². The molecule has 0 saturated heterocycles. The molecular weight excluding hydrogens is 416 g/mol. The van der Waals surface area contributed by atoms with Gasteiger partial charge in [-0.05, 0) is 35.9 Å². The highest BCUT2D eigenvalue weighted by molar-refractivity contribution is 7.09. The quantitative estimate of drug-likeness (QED) is 0.473. The lowest BCUT2D eigenvalue weighted by atomic mass is 10.1. The highest BCUT2D eigenvalue weighted by Crippen LogP contribution is 2.23. The minimum Gasteiger partial charge on any atom is -0.496 e. The minimum atomic E-state index is -0.298. The number of carbonyl (C=O) groups is 1. The van der Waals surface area contributed by atoms with Crippen molar-refractivity contribution in [3.63, 3.8) is 0 Å². The predicted octanol–water partition coefficient (Wildman–Crippen LogP) is 3.20. The lowest BCUT2D eigenvalue weighted by Crippen LogP contribution is -2.28. The van der Waals surface area contributed by atoms with E-state index < -0.39 is 0 Å². The average molecular weight is 435 g/mol. The number of carbonyl (C=O) groups excluding carboxylic acids is 1. The summed E-state index contributed by atoms with van der Waals surface area (Å²) < 4.78 is 10.8. The van der Waals surface area contributed by atoms with Crippen molar-refractivity contribution < 1.29 is 19.4 Å². The Balaban J connectivity index is 1.48. The molecule has 0 bridgehead atoms. The molecule has 0 fully saturated rings. The van der Waals surface area contributed by atoms with E-state index >= 15 is 0 Å². The monoisotopic (exact) mass is 434 g/mol. The van der Waals surface area contributed by atoms with Gasteiger partial charge in [0.25, 0.3) is 5.91 Å². The second-order valence-electron chi connectivity index (χ2n) is 6.06. The van der Waals surface area contributed by atoms with Crippen LogP contribution >= 0.6 is 22.9 Å². The van der Waals surface area contributed by atoms with Crippen molar-refractivity contribution in [1.29, 1.82) is 0 Å². The molecular formula is C20H19ClN2O5S. The summed E-state index contributed by atoms with van der Waals surface area (Å²) in [4.78, 5) is 26.2. The lowest BCUT2D eigenvalue weighted by Gasteiger charge is -2.11. The molecule has 9 heteroatoms. The van der Waals surface area contributed by atoms with Crippen molar-refractivity contribution >= 4 is 28.8 Å². The lowest BCUT2D eigenvalue weighted by molar-refractivity contribution is 0.0944. The van der Waals surface area contributed by atoms with Crippen LogP contribution in [0.5, 0.6) is 17.4 Å². The topological polar surface area (TPSA) is 101 Å². The highest BCUT2D eigenvalue weighted by atomic mass is 35.5. The molecule has 3 aromatic rings. The number of hydrogen-bond acceptors (Lipinski definition) is 6. The number of nitrogens with one attached hydrogen (secondary N) is 2. The third-order valence-electron chi connectivity index (χ3n) is 4.05. The Morgan fingerprint density at radius 1 is 1.24 bits per heavy atom.